The molecule has 0 saturated heterocycles. The normalized spacial score (nSPS) is 10.9. The molecule has 3 heteroatoms. The van der Waals surface area contributed by atoms with Gasteiger partial charge in [0.1, 0.15) is 5.75 Å². The van der Waals surface area contributed by atoms with E-state index in [0.29, 0.717) is 0 Å². The Balaban J connectivity index is 2.47. The number of aryl methyl sites for hydroxylation is 1. The number of methoxy groups -OCH3 is 1. The molecule has 0 atom stereocenters. The fraction of sp³-hybridized carbons (Fsp3) is 0.385. The van der Waals surface area contributed by atoms with E-state index in [9.17, 15) is 0 Å². The molecule has 0 radical (unpaired) electrons. The smallest absolute Gasteiger partial charge is 0.122 e. The predicted octanol–water partition coefficient (Wildman–Crippen LogP) is 1.95. The van der Waals surface area contributed by atoms with Crippen LogP contribution in [0.2, 0.25) is 0 Å². The number of ether oxygens (including phenoxy) is 1. The third kappa shape index (κ3) is 1.91. The van der Waals surface area contributed by atoms with Crippen LogP contribution in [0.3, 0.4) is 0 Å². The molecule has 0 amide bonds. The van der Waals surface area contributed by atoms with Crippen molar-refractivity contribution in [3.05, 3.63) is 30.0 Å². The number of nitrogens with one attached hydrogen (secondary N) is 1. The molecule has 3 nitrogen and oxygen atoms in total. The van der Waals surface area contributed by atoms with Crippen molar-refractivity contribution in [1.29, 1.82) is 0 Å². The highest BCUT2D eigenvalue weighted by atomic mass is 16.5. The van der Waals surface area contributed by atoms with Crippen LogP contribution in [0.15, 0.2) is 24.4 Å². The third-order valence-corrected chi connectivity index (χ3v) is 2.93. The number of hydrogen-bond acceptors (Lipinski definition) is 2. The zero-order valence-corrected chi connectivity index (χ0v) is 10.1. The van der Waals surface area contributed by atoms with E-state index in [1.807, 2.05) is 7.05 Å². The molecule has 16 heavy (non-hydrogen) atoms. The summed E-state index contributed by atoms with van der Waals surface area (Å²) in [6.07, 6.45) is 3.06. The lowest BCUT2D eigenvalue weighted by Crippen LogP contribution is -2.11. The van der Waals surface area contributed by atoms with Crippen LogP contribution in [0.25, 0.3) is 10.9 Å². The molecular weight excluding hydrogens is 200 g/mol. The summed E-state index contributed by atoms with van der Waals surface area (Å²) in [5.41, 5.74) is 2.51. The average molecular weight is 218 g/mol. The first kappa shape index (κ1) is 11.0. The molecule has 0 aliphatic heterocycles. The second-order valence-corrected chi connectivity index (χ2v) is 4.00. The standard InChI is InChI=1S/C13H18N2O/c1-14-6-4-11-8-12-10(5-7-15(12)2)9-13(11)16-3/h5,7-9,14H,4,6H2,1-3H3. The number of benzene rings is 1. The van der Waals surface area contributed by atoms with Crippen molar-refractivity contribution < 1.29 is 4.74 Å². The summed E-state index contributed by atoms with van der Waals surface area (Å²) in [5, 5.41) is 4.39. The van der Waals surface area contributed by atoms with Crippen LogP contribution in [0.4, 0.5) is 0 Å². The van der Waals surface area contributed by atoms with Gasteiger partial charge in [-0.1, -0.05) is 0 Å². The van der Waals surface area contributed by atoms with E-state index in [0.717, 1.165) is 18.7 Å². The Morgan fingerprint density at radius 1 is 1.38 bits per heavy atom. The summed E-state index contributed by atoms with van der Waals surface area (Å²) in [6, 6.07) is 6.44. The molecule has 2 aromatic rings. The molecule has 1 N–H and O–H groups in total. The Kier molecular flexibility index (Phi) is 3.15. The number of likely N-dealkylation sites (N-methyl/N-ethyl adjacent to an activating group) is 1. The van der Waals surface area contributed by atoms with E-state index in [4.69, 9.17) is 4.74 Å². The zero-order chi connectivity index (χ0) is 11.5. The number of aromatic nitrogens is 1. The van der Waals surface area contributed by atoms with Gasteiger partial charge in [-0.15, -0.1) is 0 Å². The fourth-order valence-corrected chi connectivity index (χ4v) is 1.98. The van der Waals surface area contributed by atoms with Crippen LogP contribution in [0.1, 0.15) is 5.56 Å². The van der Waals surface area contributed by atoms with E-state index in [1.54, 1.807) is 7.11 Å². The monoisotopic (exact) mass is 218 g/mol. The number of fused-ring (bicyclic) bond motifs is 1. The van der Waals surface area contributed by atoms with Gasteiger partial charge < -0.3 is 14.6 Å². The fourth-order valence-electron chi connectivity index (χ4n) is 1.98. The second-order valence-electron chi connectivity index (χ2n) is 4.00. The molecule has 0 aliphatic carbocycles. The molecule has 0 unspecified atom stereocenters. The molecular formula is C13H18N2O. The van der Waals surface area contributed by atoms with Crippen LogP contribution in [0, 0.1) is 0 Å². The maximum absolute atomic E-state index is 5.42. The first-order valence-corrected chi connectivity index (χ1v) is 5.53. The third-order valence-electron chi connectivity index (χ3n) is 2.93. The van der Waals surface area contributed by atoms with Crippen molar-refractivity contribution >= 4 is 10.9 Å². The largest absolute Gasteiger partial charge is 0.496 e. The Labute approximate surface area is 96.0 Å². The Hall–Kier alpha value is -1.48. The lowest BCUT2D eigenvalue weighted by Gasteiger charge is -2.09. The van der Waals surface area contributed by atoms with E-state index in [1.165, 1.54) is 16.5 Å². The average Bonchev–Trinajstić information content (AvgIpc) is 2.66. The van der Waals surface area contributed by atoms with E-state index in [2.05, 4.69) is 41.3 Å². The summed E-state index contributed by atoms with van der Waals surface area (Å²) >= 11 is 0. The maximum atomic E-state index is 5.42. The van der Waals surface area contributed by atoms with Gasteiger partial charge in [-0.3, -0.25) is 0 Å². The SMILES string of the molecule is CNCCc1cc2c(ccn2C)cc1OC. The van der Waals surface area contributed by atoms with Crippen LogP contribution in [-0.4, -0.2) is 25.3 Å². The first-order valence-electron chi connectivity index (χ1n) is 5.53. The molecule has 0 saturated carbocycles. The number of hydrogen-bond donors (Lipinski definition) is 1. The molecule has 86 valence electrons. The minimum atomic E-state index is 0.965. The van der Waals surface area contributed by atoms with Crippen LogP contribution in [0.5, 0.6) is 5.75 Å². The second kappa shape index (κ2) is 4.58. The molecule has 0 fully saturated rings. The number of rotatable bonds is 4. The Morgan fingerprint density at radius 2 is 2.19 bits per heavy atom. The van der Waals surface area contributed by atoms with Crippen molar-refractivity contribution in [2.24, 2.45) is 7.05 Å². The highest BCUT2D eigenvalue weighted by Crippen LogP contribution is 2.26. The van der Waals surface area contributed by atoms with Gasteiger partial charge in [0, 0.05) is 24.1 Å². The van der Waals surface area contributed by atoms with Gasteiger partial charge in [0.15, 0.2) is 0 Å². The lowest BCUT2D eigenvalue weighted by atomic mass is 10.1. The summed E-state index contributed by atoms with van der Waals surface area (Å²) in [6.45, 7) is 0.965. The van der Waals surface area contributed by atoms with E-state index < -0.39 is 0 Å². The zero-order valence-electron chi connectivity index (χ0n) is 10.1. The van der Waals surface area contributed by atoms with Crippen LogP contribution < -0.4 is 10.1 Å². The Morgan fingerprint density at radius 3 is 2.88 bits per heavy atom. The first-order chi connectivity index (χ1) is 7.76. The summed E-state index contributed by atoms with van der Waals surface area (Å²) < 4.78 is 7.56. The van der Waals surface area contributed by atoms with Crippen molar-refractivity contribution in [3.63, 3.8) is 0 Å². The summed E-state index contributed by atoms with van der Waals surface area (Å²) in [5.74, 6) is 0.981. The van der Waals surface area contributed by atoms with Crippen molar-refractivity contribution in [3.8, 4) is 5.75 Å². The summed E-state index contributed by atoms with van der Waals surface area (Å²) in [7, 11) is 5.76. The predicted molar refractivity (Wildman–Crippen MR) is 67.1 cm³/mol. The van der Waals surface area contributed by atoms with E-state index in [-0.39, 0.29) is 0 Å². The lowest BCUT2D eigenvalue weighted by molar-refractivity contribution is 0.410. The van der Waals surface area contributed by atoms with Gasteiger partial charge >= 0.3 is 0 Å². The quantitative estimate of drug-likeness (QED) is 0.849. The molecule has 0 bridgehead atoms. The van der Waals surface area contributed by atoms with E-state index >= 15 is 0 Å². The van der Waals surface area contributed by atoms with Gasteiger partial charge in [-0.05, 0) is 43.8 Å². The highest BCUT2D eigenvalue weighted by Gasteiger charge is 2.07. The molecule has 2 rings (SSSR count). The van der Waals surface area contributed by atoms with Crippen LogP contribution >= 0.6 is 0 Å². The molecule has 0 aliphatic rings. The maximum Gasteiger partial charge on any atom is 0.122 e. The van der Waals surface area contributed by atoms with Gasteiger partial charge in [0.05, 0.1) is 7.11 Å². The summed E-state index contributed by atoms with van der Waals surface area (Å²) in [4.78, 5) is 0. The van der Waals surface area contributed by atoms with Crippen molar-refractivity contribution in [2.45, 2.75) is 6.42 Å². The van der Waals surface area contributed by atoms with Gasteiger partial charge in [-0.25, -0.2) is 0 Å². The van der Waals surface area contributed by atoms with Crippen LogP contribution in [-0.2, 0) is 13.5 Å². The molecule has 1 aromatic heterocycles. The highest BCUT2D eigenvalue weighted by molar-refractivity contribution is 5.82. The van der Waals surface area contributed by atoms with Crippen molar-refractivity contribution in [1.82, 2.24) is 9.88 Å². The topological polar surface area (TPSA) is 26.2 Å². The molecule has 1 aromatic carbocycles. The molecule has 1 heterocycles. The van der Waals surface area contributed by atoms with Gasteiger partial charge in [-0.2, -0.15) is 0 Å². The minimum absolute atomic E-state index is 0.965. The van der Waals surface area contributed by atoms with Crippen molar-refractivity contribution in [2.75, 3.05) is 20.7 Å². The molecule has 0 spiro atoms. The minimum Gasteiger partial charge on any atom is -0.496 e. The number of nitrogens with zero attached hydrogens (tertiary/aromatic N) is 1. The Bertz CT molecular complexity index is 488. The van der Waals surface area contributed by atoms with Gasteiger partial charge in [0.2, 0.25) is 0 Å². The van der Waals surface area contributed by atoms with Gasteiger partial charge in [0.25, 0.3) is 0 Å².